The highest BCUT2D eigenvalue weighted by Gasteiger charge is 2.52. The SMILES string of the molecule is Nc1nc2c(ncn2C2OC3COP(=O)(O)OC4C(Cc5cn(nn5)C2C3O)OC(n2cnc3c(N)ncnc32)C4O)c(=O)[nH]1. The molecular weight excluding hydrogens is 621 g/mol. The van der Waals surface area contributed by atoms with Gasteiger partial charge in [0.05, 0.1) is 31.1 Å². The Kier molecular flexibility index (Phi) is 6.27. The second-order valence-corrected chi connectivity index (χ2v) is 12.1. The van der Waals surface area contributed by atoms with Crippen molar-refractivity contribution in [3.8, 4) is 0 Å². The molecule has 2 saturated heterocycles. The van der Waals surface area contributed by atoms with Crippen molar-refractivity contribution in [1.82, 2.24) is 54.0 Å². The number of nitrogen functional groups attached to an aromatic ring is 2. The highest BCUT2D eigenvalue weighted by Crippen LogP contribution is 2.50. The summed E-state index contributed by atoms with van der Waals surface area (Å²) in [6.07, 6.45) is -3.42. The number of hydrogen-bond donors (Lipinski definition) is 6. The van der Waals surface area contributed by atoms with Gasteiger partial charge in [-0.2, -0.15) is 4.98 Å². The van der Waals surface area contributed by atoms with Crippen molar-refractivity contribution < 1.29 is 38.2 Å². The third kappa shape index (κ3) is 4.49. The van der Waals surface area contributed by atoms with Gasteiger partial charge in [-0.25, -0.2) is 29.2 Å². The largest absolute Gasteiger partial charge is 0.472 e. The van der Waals surface area contributed by atoms with Crippen molar-refractivity contribution in [2.45, 2.75) is 55.4 Å². The number of H-pyrrole nitrogens is 1. The summed E-state index contributed by atoms with van der Waals surface area (Å²) in [4.78, 5) is 46.0. The number of imidazole rings is 2. The van der Waals surface area contributed by atoms with Crippen LogP contribution in [0.15, 0.2) is 30.0 Å². The number of fused-ring (bicyclic) bond motifs is 8. The summed E-state index contributed by atoms with van der Waals surface area (Å²) >= 11 is 0. The Balaban J connectivity index is 1.17. The summed E-state index contributed by atoms with van der Waals surface area (Å²) in [6.45, 7) is -0.619. The number of phosphoric ester groups is 1. The zero-order valence-corrected chi connectivity index (χ0v) is 23.6. The van der Waals surface area contributed by atoms with Crippen molar-refractivity contribution in [2.24, 2.45) is 0 Å². The van der Waals surface area contributed by atoms with E-state index in [9.17, 15) is 24.5 Å². The number of rotatable bonds is 2. The standard InChI is InChI=1S/C22H24N13O9P/c23-16-10-17(26-4-25-16)33(5-27-10)21-14(37)15-8(42-21)1-7-2-35(32-31-7)12-13(36)9(3-41-45(39,40)44-15)43-20(12)34-6-28-11-18(34)29-22(24)30-19(11)38/h2,4-6,8-9,12-15,20-21,36-37H,1,3H2,(H,39,40)(H2,23,25,26)(H3,24,29,30,38). The second kappa shape index (κ2) is 10.1. The topological polar surface area (TPSA) is 305 Å². The smallest absolute Gasteiger partial charge is 0.388 e. The second-order valence-electron chi connectivity index (χ2n) is 10.7. The number of aliphatic hydroxyl groups excluding tert-OH is 2. The van der Waals surface area contributed by atoms with Gasteiger partial charge in [-0.05, 0) is 0 Å². The number of aromatic nitrogens is 11. The van der Waals surface area contributed by atoms with Crippen molar-refractivity contribution >= 4 is 41.9 Å². The van der Waals surface area contributed by atoms with E-state index < -0.39 is 69.0 Å². The fourth-order valence-corrected chi connectivity index (χ4v) is 6.89. The van der Waals surface area contributed by atoms with E-state index in [1.165, 1.54) is 39.0 Å². The van der Waals surface area contributed by atoms with Crippen LogP contribution in [0.2, 0.25) is 0 Å². The maximum absolute atomic E-state index is 13.2. The molecule has 5 aromatic heterocycles. The number of nitrogens with two attached hydrogens (primary N) is 2. The lowest BCUT2D eigenvalue weighted by Gasteiger charge is -2.24. The van der Waals surface area contributed by atoms with Gasteiger partial charge in [0.15, 0.2) is 35.1 Å². The van der Waals surface area contributed by atoms with Gasteiger partial charge in [-0.3, -0.25) is 28.0 Å². The predicted octanol–water partition coefficient (Wildman–Crippen LogP) is -2.47. The van der Waals surface area contributed by atoms with E-state index in [0.717, 1.165) is 0 Å². The van der Waals surface area contributed by atoms with E-state index in [-0.39, 0.29) is 40.5 Å². The van der Waals surface area contributed by atoms with Crippen molar-refractivity contribution in [3.05, 3.63) is 41.2 Å². The molecule has 8 N–H and O–H groups in total. The maximum Gasteiger partial charge on any atom is 0.472 e. The molecule has 3 aliphatic heterocycles. The van der Waals surface area contributed by atoms with Crippen LogP contribution in [0, 0.1) is 0 Å². The van der Waals surface area contributed by atoms with Gasteiger partial charge in [0.1, 0.15) is 42.3 Å². The van der Waals surface area contributed by atoms with E-state index in [0.29, 0.717) is 5.69 Å². The molecule has 236 valence electrons. The average molecular weight is 645 g/mol. The summed E-state index contributed by atoms with van der Waals surface area (Å²) in [5.41, 5.74) is 12.0. The van der Waals surface area contributed by atoms with Gasteiger partial charge in [-0.15, -0.1) is 5.10 Å². The number of ether oxygens (including phenoxy) is 2. The van der Waals surface area contributed by atoms with E-state index >= 15 is 0 Å². The zero-order chi connectivity index (χ0) is 31.2. The molecule has 3 aliphatic rings. The predicted molar refractivity (Wildman–Crippen MR) is 146 cm³/mol. The number of nitrogens with one attached hydrogen (secondary N) is 1. The van der Waals surface area contributed by atoms with Gasteiger partial charge in [-0.1, -0.05) is 5.21 Å². The summed E-state index contributed by atoms with van der Waals surface area (Å²) < 4.78 is 40.3. The van der Waals surface area contributed by atoms with E-state index in [1.54, 1.807) is 0 Å². The van der Waals surface area contributed by atoms with Crippen LogP contribution < -0.4 is 17.0 Å². The maximum atomic E-state index is 13.2. The molecule has 9 atom stereocenters. The molecule has 0 aromatic carbocycles. The Hall–Kier alpha value is -4.41. The lowest BCUT2D eigenvalue weighted by atomic mass is 10.1. The van der Waals surface area contributed by atoms with Crippen LogP contribution in [0.1, 0.15) is 24.2 Å². The lowest BCUT2D eigenvalue weighted by Crippen LogP contribution is -2.35. The summed E-state index contributed by atoms with van der Waals surface area (Å²) in [5, 5.41) is 31.0. The number of nitrogens with zero attached hydrogens (tertiary/aromatic N) is 10. The number of phosphoric acid groups is 1. The van der Waals surface area contributed by atoms with Crippen LogP contribution in [0.3, 0.4) is 0 Å². The van der Waals surface area contributed by atoms with Gasteiger partial charge in [0, 0.05) is 12.6 Å². The quantitative estimate of drug-likeness (QED) is 0.108. The summed E-state index contributed by atoms with van der Waals surface area (Å²) in [7, 11) is -4.91. The molecule has 0 spiro atoms. The minimum Gasteiger partial charge on any atom is -0.388 e. The average Bonchev–Trinajstić information content (AvgIpc) is 3.81. The van der Waals surface area contributed by atoms with Crippen LogP contribution in [0.4, 0.5) is 11.8 Å². The van der Waals surface area contributed by atoms with Gasteiger partial charge in [0.2, 0.25) is 5.95 Å². The highest BCUT2D eigenvalue weighted by molar-refractivity contribution is 7.47. The van der Waals surface area contributed by atoms with Crippen LogP contribution >= 0.6 is 7.82 Å². The number of anilines is 2. The van der Waals surface area contributed by atoms with Crippen LogP contribution in [-0.4, -0.2) is 106 Å². The number of aromatic amines is 1. The molecule has 8 rings (SSSR count). The number of hydrogen-bond acceptors (Lipinski definition) is 17. The third-order valence-corrected chi connectivity index (χ3v) is 8.95. The Morgan fingerprint density at radius 2 is 1.73 bits per heavy atom. The zero-order valence-electron chi connectivity index (χ0n) is 22.7. The summed E-state index contributed by atoms with van der Waals surface area (Å²) in [6, 6.07) is -1.000. The van der Waals surface area contributed by atoms with Gasteiger partial charge >= 0.3 is 7.82 Å². The van der Waals surface area contributed by atoms with Gasteiger partial charge < -0.3 is 36.0 Å². The highest BCUT2D eigenvalue weighted by atomic mass is 31.2. The van der Waals surface area contributed by atoms with E-state index in [1.807, 2.05) is 0 Å². The Morgan fingerprint density at radius 3 is 2.56 bits per heavy atom. The molecule has 0 amide bonds. The Labute approximate surface area is 249 Å². The molecule has 45 heavy (non-hydrogen) atoms. The first kappa shape index (κ1) is 28.1. The fraction of sp³-hybridized carbons (Fsp3) is 0.455. The van der Waals surface area contributed by atoms with Crippen molar-refractivity contribution in [1.29, 1.82) is 0 Å². The third-order valence-electron chi connectivity index (χ3n) is 7.96. The van der Waals surface area contributed by atoms with Crippen LogP contribution in [0.25, 0.3) is 22.3 Å². The van der Waals surface area contributed by atoms with Gasteiger partial charge in [0.25, 0.3) is 5.56 Å². The Morgan fingerprint density at radius 1 is 0.978 bits per heavy atom. The fourth-order valence-electron chi connectivity index (χ4n) is 5.92. The molecular formula is C22H24N13O9P. The molecule has 4 bridgehead atoms. The molecule has 0 radical (unpaired) electrons. The molecule has 2 fully saturated rings. The monoisotopic (exact) mass is 645 g/mol. The minimum atomic E-state index is -4.91. The minimum absolute atomic E-state index is 0.0277. The van der Waals surface area contributed by atoms with Crippen molar-refractivity contribution in [2.75, 3.05) is 18.1 Å². The molecule has 5 aromatic rings. The first-order chi connectivity index (χ1) is 21.6. The molecule has 23 heteroatoms. The van der Waals surface area contributed by atoms with Crippen LogP contribution in [-0.2, 0) is 29.5 Å². The van der Waals surface area contributed by atoms with Crippen molar-refractivity contribution in [3.63, 3.8) is 0 Å². The molecule has 0 aliphatic carbocycles. The molecule has 0 saturated carbocycles. The first-order valence-corrected chi connectivity index (χ1v) is 15.0. The Bertz CT molecular complexity index is 2050. The van der Waals surface area contributed by atoms with E-state index in [2.05, 4.69) is 40.2 Å². The molecule has 8 heterocycles. The normalized spacial score (nSPS) is 33.6. The summed E-state index contributed by atoms with van der Waals surface area (Å²) in [5.74, 6) is -0.0546. The lowest BCUT2D eigenvalue weighted by molar-refractivity contribution is -0.0513. The molecule has 22 nitrogen and oxygen atoms in total. The van der Waals surface area contributed by atoms with E-state index in [4.69, 9.17) is 30.0 Å². The number of aliphatic hydroxyl groups is 2. The first-order valence-electron chi connectivity index (χ1n) is 13.5. The molecule has 9 unspecified atom stereocenters. The van der Waals surface area contributed by atoms with Crippen LogP contribution in [0.5, 0.6) is 0 Å².